The molecule has 1 fully saturated rings. The highest BCUT2D eigenvalue weighted by molar-refractivity contribution is 4.94. The quantitative estimate of drug-likeness (QED) is 0.529. The van der Waals surface area contributed by atoms with Crippen LogP contribution in [0.3, 0.4) is 0 Å². The minimum atomic E-state index is 0.410. The lowest BCUT2D eigenvalue weighted by Gasteiger charge is -2.13. The van der Waals surface area contributed by atoms with Crippen molar-refractivity contribution in [3.63, 3.8) is 0 Å². The van der Waals surface area contributed by atoms with E-state index in [4.69, 9.17) is 4.74 Å². The van der Waals surface area contributed by atoms with Crippen LogP contribution in [0.5, 0.6) is 0 Å². The van der Waals surface area contributed by atoms with Gasteiger partial charge in [0.1, 0.15) is 0 Å². The first-order valence-electron chi connectivity index (χ1n) is 3.63. The SMILES string of the molecule is C=CC1C[C@@H](OC)CN1C. The van der Waals surface area contributed by atoms with Crippen molar-refractivity contribution < 1.29 is 4.74 Å². The molecule has 0 bridgehead atoms. The Hall–Kier alpha value is -0.340. The highest BCUT2D eigenvalue weighted by Gasteiger charge is 2.26. The number of ether oxygens (including phenoxy) is 1. The predicted molar refractivity (Wildman–Crippen MR) is 42.0 cm³/mol. The van der Waals surface area contributed by atoms with Crippen molar-refractivity contribution in [2.45, 2.75) is 18.6 Å². The van der Waals surface area contributed by atoms with Gasteiger partial charge in [0.15, 0.2) is 0 Å². The highest BCUT2D eigenvalue weighted by atomic mass is 16.5. The van der Waals surface area contributed by atoms with Crippen LogP contribution in [0.25, 0.3) is 0 Å². The number of hydrogen-bond donors (Lipinski definition) is 0. The van der Waals surface area contributed by atoms with Gasteiger partial charge in [-0.2, -0.15) is 0 Å². The monoisotopic (exact) mass is 141 g/mol. The van der Waals surface area contributed by atoms with E-state index in [1.807, 2.05) is 6.08 Å². The Morgan fingerprint density at radius 3 is 2.70 bits per heavy atom. The minimum absolute atomic E-state index is 0.410. The van der Waals surface area contributed by atoms with Crippen LogP contribution >= 0.6 is 0 Å². The zero-order valence-corrected chi connectivity index (χ0v) is 6.71. The molecular formula is C8H15NO. The van der Waals surface area contributed by atoms with E-state index in [0.29, 0.717) is 12.1 Å². The van der Waals surface area contributed by atoms with Gasteiger partial charge in [0.25, 0.3) is 0 Å². The van der Waals surface area contributed by atoms with Crippen LogP contribution in [0.15, 0.2) is 12.7 Å². The molecule has 1 aliphatic rings. The second kappa shape index (κ2) is 3.17. The summed E-state index contributed by atoms with van der Waals surface area (Å²) < 4.78 is 5.22. The molecule has 0 aromatic rings. The summed E-state index contributed by atoms with van der Waals surface area (Å²) in [5.41, 5.74) is 0. The maximum atomic E-state index is 5.22. The van der Waals surface area contributed by atoms with E-state index < -0.39 is 0 Å². The van der Waals surface area contributed by atoms with Gasteiger partial charge < -0.3 is 4.74 Å². The molecule has 0 aliphatic carbocycles. The summed E-state index contributed by atoms with van der Waals surface area (Å²) in [5.74, 6) is 0. The molecule has 1 aliphatic heterocycles. The third-order valence-corrected chi connectivity index (χ3v) is 2.17. The van der Waals surface area contributed by atoms with Crippen molar-refractivity contribution in [2.75, 3.05) is 20.7 Å². The summed E-state index contributed by atoms with van der Waals surface area (Å²) in [7, 11) is 3.87. The standard InChI is InChI=1S/C8H15NO/c1-4-7-5-8(10-3)6-9(7)2/h4,7-8H,1,5-6H2,2-3H3/t7?,8-/m1/s1. The molecule has 0 saturated carbocycles. The molecule has 0 aromatic carbocycles. The molecule has 0 radical (unpaired) electrons. The zero-order chi connectivity index (χ0) is 7.56. The lowest BCUT2D eigenvalue weighted by molar-refractivity contribution is 0.111. The third-order valence-electron chi connectivity index (χ3n) is 2.17. The Kier molecular flexibility index (Phi) is 2.46. The summed E-state index contributed by atoms with van der Waals surface area (Å²) in [6.07, 6.45) is 3.49. The van der Waals surface area contributed by atoms with E-state index >= 15 is 0 Å². The number of likely N-dealkylation sites (tertiary alicyclic amines) is 1. The Morgan fingerprint density at radius 2 is 2.40 bits per heavy atom. The van der Waals surface area contributed by atoms with Crippen LogP contribution in [-0.4, -0.2) is 37.7 Å². The van der Waals surface area contributed by atoms with Crippen molar-refractivity contribution in [1.29, 1.82) is 0 Å². The van der Waals surface area contributed by atoms with Gasteiger partial charge in [0.2, 0.25) is 0 Å². The lowest BCUT2D eigenvalue weighted by Crippen LogP contribution is -2.23. The van der Waals surface area contributed by atoms with Crippen LogP contribution in [0, 0.1) is 0 Å². The van der Waals surface area contributed by atoms with Crippen LogP contribution in [0.4, 0.5) is 0 Å². The Balaban J connectivity index is 2.43. The van der Waals surface area contributed by atoms with Gasteiger partial charge in [-0.15, -0.1) is 6.58 Å². The van der Waals surface area contributed by atoms with E-state index in [9.17, 15) is 0 Å². The fraction of sp³-hybridized carbons (Fsp3) is 0.750. The Labute approximate surface area is 62.5 Å². The van der Waals surface area contributed by atoms with Gasteiger partial charge >= 0.3 is 0 Å². The molecular weight excluding hydrogens is 126 g/mol. The number of likely N-dealkylation sites (N-methyl/N-ethyl adjacent to an activating group) is 1. The lowest BCUT2D eigenvalue weighted by atomic mass is 10.2. The molecule has 2 nitrogen and oxygen atoms in total. The number of hydrogen-bond acceptors (Lipinski definition) is 2. The fourth-order valence-corrected chi connectivity index (χ4v) is 1.43. The number of methoxy groups -OCH3 is 1. The average Bonchev–Trinajstić information content (AvgIpc) is 2.30. The van der Waals surface area contributed by atoms with Crippen LogP contribution < -0.4 is 0 Å². The molecule has 58 valence electrons. The first-order valence-corrected chi connectivity index (χ1v) is 3.63. The average molecular weight is 141 g/mol. The Morgan fingerprint density at radius 1 is 1.70 bits per heavy atom. The smallest absolute Gasteiger partial charge is 0.0716 e. The van der Waals surface area contributed by atoms with Crippen molar-refractivity contribution in [3.05, 3.63) is 12.7 Å². The summed E-state index contributed by atoms with van der Waals surface area (Å²) in [5, 5.41) is 0. The number of rotatable bonds is 2. The van der Waals surface area contributed by atoms with Gasteiger partial charge in [-0.1, -0.05) is 6.08 Å². The second-order valence-electron chi connectivity index (χ2n) is 2.84. The van der Waals surface area contributed by atoms with E-state index in [2.05, 4.69) is 18.5 Å². The zero-order valence-electron chi connectivity index (χ0n) is 6.71. The molecule has 1 saturated heterocycles. The molecule has 1 rings (SSSR count). The van der Waals surface area contributed by atoms with Gasteiger partial charge in [-0.3, -0.25) is 4.90 Å². The largest absolute Gasteiger partial charge is 0.380 e. The first kappa shape index (κ1) is 7.76. The van der Waals surface area contributed by atoms with Crippen LogP contribution in [0.2, 0.25) is 0 Å². The molecule has 0 spiro atoms. The van der Waals surface area contributed by atoms with Crippen molar-refractivity contribution in [2.24, 2.45) is 0 Å². The maximum absolute atomic E-state index is 5.22. The Bertz CT molecular complexity index is 124. The highest BCUT2D eigenvalue weighted by Crippen LogP contribution is 2.17. The molecule has 2 atom stereocenters. The van der Waals surface area contributed by atoms with E-state index in [-0.39, 0.29) is 0 Å². The normalized spacial score (nSPS) is 34.6. The van der Waals surface area contributed by atoms with Crippen molar-refractivity contribution in [1.82, 2.24) is 4.90 Å². The predicted octanol–water partition coefficient (Wildman–Crippen LogP) is 0.891. The summed E-state index contributed by atoms with van der Waals surface area (Å²) in [6.45, 7) is 4.80. The van der Waals surface area contributed by atoms with Crippen LogP contribution in [-0.2, 0) is 4.74 Å². The molecule has 0 N–H and O–H groups in total. The molecule has 0 amide bonds. The fourth-order valence-electron chi connectivity index (χ4n) is 1.43. The van der Waals surface area contributed by atoms with Gasteiger partial charge in [-0.05, 0) is 13.5 Å². The molecule has 2 heteroatoms. The first-order chi connectivity index (χ1) is 4.77. The second-order valence-corrected chi connectivity index (χ2v) is 2.84. The summed E-state index contributed by atoms with van der Waals surface area (Å²) in [4.78, 5) is 2.27. The molecule has 10 heavy (non-hydrogen) atoms. The maximum Gasteiger partial charge on any atom is 0.0716 e. The third kappa shape index (κ3) is 1.39. The van der Waals surface area contributed by atoms with Gasteiger partial charge in [0, 0.05) is 19.7 Å². The molecule has 0 aromatic heterocycles. The van der Waals surface area contributed by atoms with Crippen molar-refractivity contribution in [3.8, 4) is 0 Å². The summed E-state index contributed by atoms with van der Waals surface area (Å²) in [6, 6.07) is 0.518. The molecule has 1 unspecified atom stereocenters. The van der Waals surface area contributed by atoms with Crippen LogP contribution in [0.1, 0.15) is 6.42 Å². The van der Waals surface area contributed by atoms with Crippen molar-refractivity contribution >= 4 is 0 Å². The summed E-state index contributed by atoms with van der Waals surface area (Å²) >= 11 is 0. The van der Waals surface area contributed by atoms with Gasteiger partial charge in [0.05, 0.1) is 6.10 Å². The topological polar surface area (TPSA) is 12.5 Å². The van der Waals surface area contributed by atoms with E-state index in [0.717, 1.165) is 13.0 Å². The van der Waals surface area contributed by atoms with Gasteiger partial charge in [-0.25, -0.2) is 0 Å². The molecule has 1 heterocycles. The van der Waals surface area contributed by atoms with E-state index in [1.54, 1.807) is 7.11 Å². The number of nitrogens with zero attached hydrogens (tertiary/aromatic N) is 1. The van der Waals surface area contributed by atoms with E-state index in [1.165, 1.54) is 0 Å². The minimum Gasteiger partial charge on any atom is -0.380 e.